The number of halogens is 7. The van der Waals surface area contributed by atoms with Gasteiger partial charge in [0.2, 0.25) is 11.8 Å². The lowest BCUT2D eigenvalue weighted by Crippen LogP contribution is -2.40. The SMILES string of the molecule is CCn1ncc(F)c1C(=O)NC(c1nc2cc(C(COC)N3CC(C(F)(F)F)NC3=O)cc(F)c2o1)C1CCC(F)(F)CC1. The number of aryl methyl sites for hydroxylation is 1. The molecular formula is C27H29F7N6O4. The zero-order chi connectivity index (χ0) is 32.0. The molecule has 1 aliphatic heterocycles. The van der Waals surface area contributed by atoms with Gasteiger partial charge in [-0.1, -0.05) is 0 Å². The Labute approximate surface area is 245 Å². The number of carbonyl (C=O) groups is 2. The zero-order valence-corrected chi connectivity index (χ0v) is 23.6. The minimum atomic E-state index is -4.71. The van der Waals surface area contributed by atoms with Crippen LogP contribution in [0.5, 0.6) is 0 Å². The Bertz CT molecular complexity index is 1530. The van der Waals surface area contributed by atoms with E-state index in [0.717, 1.165) is 21.8 Å². The largest absolute Gasteiger partial charge is 0.435 e. The molecule has 2 N–H and O–H groups in total. The van der Waals surface area contributed by atoms with E-state index >= 15 is 4.39 Å². The number of urea groups is 1. The van der Waals surface area contributed by atoms with Gasteiger partial charge in [0.05, 0.1) is 25.4 Å². The summed E-state index contributed by atoms with van der Waals surface area (Å²) in [5.74, 6) is -6.57. The van der Waals surface area contributed by atoms with E-state index in [2.05, 4.69) is 15.4 Å². The smallest absolute Gasteiger partial charge is 0.410 e. The van der Waals surface area contributed by atoms with Crippen molar-refractivity contribution in [3.05, 3.63) is 47.1 Å². The van der Waals surface area contributed by atoms with Crippen LogP contribution in [-0.2, 0) is 11.3 Å². The summed E-state index contributed by atoms with van der Waals surface area (Å²) in [4.78, 5) is 30.8. The van der Waals surface area contributed by atoms with Gasteiger partial charge in [-0.3, -0.25) is 9.48 Å². The highest BCUT2D eigenvalue weighted by atomic mass is 19.4. The van der Waals surface area contributed by atoms with Crippen molar-refractivity contribution in [3.8, 4) is 0 Å². The Balaban J connectivity index is 1.50. The number of hydrogen-bond donors (Lipinski definition) is 2. The molecule has 2 aromatic heterocycles. The fraction of sp³-hybridized carbons (Fsp3) is 0.556. The van der Waals surface area contributed by atoms with Crippen LogP contribution in [0.4, 0.5) is 35.5 Å². The molecule has 44 heavy (non-hydrogen) atoms. The van der Waals surface area contributed by atoms with Gasteiger partial charge in [-0.05, 0) is 43.4 Å². The molecule has 1 aliphatic carbocycles. The lowest BCUT2D eigenvalue weighted by atomic mass is 9.82. The number of hydrogen-bond acceptors (Lipinski definition) is 6. The van der Waals surface area contributed by atoms with Crippen molar-refractivity contribution in [2.24, 2.45) is 5.92 Å². The Morgan fingerprint density at radius 1 is 1.23 bits per heavy atom. The Kier molecular flexibility index (Phi) is 8.52. The first kappa shape index (κ1) is 31.5. The second-order valence-electron chi connectivity index (χ2n) is 10.9. The average molecular weight is 635 g/mol. The monoisotopic (exact) mass is 634 g/mol. The predicted octanol–water partition coefficient (Wildman–Crippen LogP) is 5.26. The Morgan fingerprint density at radius 3 is 2.55 bits per heavy atom. The fourth-order valence-corrected chi connectivity index (χ4v) is 5.70. The van der Waals surface area contributed by atoms with Gasteiger partial charge in [-0.15, -0.1) is 0 Å². The van der Waals surface area contributed by atoms with Gasteiger partial charge in [-0.2, -0.15) is 18.3 Å². The lowest BCUT2D eigenvalue weighted by Gasteiger charge is -2.32. The molecule has 10 nitrogen and oxygen atoms in total. The van der Waals surface area contributed by atoms with Gasteiger partial charge in [0.25, 0.3) is 5.91 Å². The maximum atomic E-state index is 15.4. The third-order valence-electron chi connectivity index (χ3n) is 8.00. The number of nitrogens with one attached hydrogen (secondary N) is 2. The number of ether oxygens (including phenoxy) is 1. The second-order valence-corrected chi connectivity index (χ2v) is 10.9. The molecular weight excluding hydrogens is 605 g/mol. The predicted molar refractivity (Wildman–Crippen MR) is 139 cm³/mol. The summed E-state index contributed by atoms with van der Waals surface area (Å²) in [6, 6.07) is -3.18. The molecule has 240 valence electrons. The highest BCUT2D eigenvalue weighted by molar-refractivity contribution is 5.93. The highest BCUT2D eigenvalue weighted by Crippen LogP contribution is 2.42. The van der Waals surface area contributed by atoms with Crippen molar-refractivity contribution < 1.29 is 49.5 Å². The first-order valence-electron chi connectivity index (χ1n) is 13.8. The second kappa shape index (κ2) is 11.9. The molecule has 3 atom stereocenters. The number of aromatic nitrogens is 3. The van der Waals surface area contributed by atoms with Crippen LogP contribution in [0, 0.1) is 17.6 Å². The van der Waals surface area contributed by atoms with Crippen LogP contribution >= 0.6 is 0 Å². The van der Waals surface area contributed by atoms with Gasteiger partial charge in [0.1, 0.15) is 17.6 Å². The molecule has 0 radical (unpaired) electrons. The van der Waals surface area contributed by atoms with Gasteiger partial charge in [-0.25, -0.2) is 27.3 Å². The number of rotatable bonds is 9. The third kappa shape index (κ3) is 6.19. The van der Waals surface area contributed by atoms with Crippen LogP contribution in [0.1, 0.15) is 66.6 Å². The van der Waals surface area contributed by atoms with Crippen LogP contribution in [-0.4, -0.2) is 70.0 Å². The van der Waals surface area contributed by atoms with Crippen molar-refractivity contribution >= 4 is 23.0 Å². The van der Waals surface area contributed by atoms with E-state index in [-0.39, 0.29) is 48.5 Å². The summed E-state index contributed by atoms with van der Waals surface area (Å²) in [5.41, 5.74) is -0.814. The summed E-state index contributed by atoms with van der Waals surface area (Å²) >= 11 is 0. The van der Waals surface area contributed by atoms with Crippen LogP contribution < -0.4 is 10.6 Å². The molecule has 5 rings (SSSR count). The van der Waals surface area contributed by atoms with E-state index in [1.54, 1.807) is 6.92 Å². The van der Waals surface area contributed by atoms with E-state index < -0.39 is 84.8 Å². The minimum absolute atomic E-state index is 0.0553. The standard InChI is InChI=1S/C27H29F7N6O4/c1-3-40-21(16(29)10-35-40)23(41)38-20(13-4-6-26(30,31)7-5-13)24-36-17-9-14(8-15(28)22(17)44-24)18(12-43-2)39-11-19(27(32,33)34)37-25(39)42/h8-10,13,18-20H,3-7,11-12H2,1-2H3,(H,37,42)(H,38,41). The summed E-state index contributed by atoms with van der Waals surface area (Å²) in [6.45, 7) is 0.771. The van der Waals surface area contributed by atoms with E-state index in [9.17, 15) is 35.9 Å². The van der Waals surface area contributed by atoms with Crippen LogP contribution in [0.25, 0.3) is 11.1 Å². The maximum absolute atomic E-state index is 15.4. The van der Waals surface area contributed by atoms with Crippen molar-refractivity contribution in [1.29, 1.82) is 0 Å². The molecule has 1 saturated carbocycles. The van der Waals surface area contributed by atoms with Crippen LogP contribution in [0.15, 0.2) is 22.7 Å². The maximum Gasteiger partial charge on any atom is 0.410 e. The molecule has 3 aromatic rings. The number of alkyl halides is 5. The quantitative estimate of drug-likeness (QED) is 0.311. The molecule has 2 aliphatic rings. The average Bonchev–Trinajstić information content (AvgIpc) is 3.67. The number of amides is 3. The van der Waals surface area contributed by atoms with Gasteiger partial charge in [0, 0.05) is 26.5 Å². The molecule has 1 saturated heterocycles. The minimum Gasteiger partial charge on any atom is -0.435 e. The first-order valence-corrected chi connectivity index (χ1v) is 13.8. The number of carbonyl (C=O) groups excluding carboxylic acids is 2. The topological polar surface area (TPSA) is 115 Å². The van der Waals surface area contributed by atoms with Gasteiger partial charge in [0.15, 0.2) is 22.9 Å². The summed E-state index contributed by atoms with van der Waals surface area (Å²) in [5, 5.41) is 8.26. The molecule has 0 spiro atoms. The van der Waals surface area contributed by atoms with Crippen molar-refractivity contribution in [2.75, 3.05) is 20.3 Å². The van der Waals surface area contributed by atoms with E-state index in [0.29, 0.717) is 0 Å². The number of fused-ring (bicyclic) bond motifs is 1. The number of oxazole rings is 1. The van der Waals surface area contributed by atoms with E-state index in [1.165, 1.54) is 13.2 Å². The third-order valence-corrected chi connectivity index (χ3v) is 8.00. The molecule has 0 bridgehead atoms. The van der Waals surface area contributed by atoms with Crippen molar-refractivity contribution in [2.45, 2.75) is 69.4 Å². The van der Waals surface area contributed by atoms with Gasteiger partial charge < -0.3 is 24.7 Å². The molecule has 3 unspecified atom stereocenters. The number of nitrogens with zero attached hydrogens (tertiary/aromatic N) is 4. The summed E-state index contributed by atoms with van der Waals surface area (Å²) in [7, 11) is 1.26. The lowest BCUT2D eigenvalue weighted by molar-refractivity contribution is -0.150. The number of benzene rings is 1. The van der Waals surface area contributed by atoms with E-state index in [4.69, 9.17) is 9.15 Å². The number of methoxy groups -OCH3 is 1. The van der Waals surface area contributed by atoms with Crippen LogP contribution in [0.3, 0.4) is 0 Å². The fourth-order valence-electron chi connectivity index (χ4n) is 5.70. The van der Waals surface area contributed by atoms with Gasteiger partial charge >= 0.3 is 12.2 Å². The molecule has 2 fully saturated rings. The molecule has 1 aromatic carbocycles. The Hall–Kier alpha value is -3.89. The molecule has 3 amide bonds. The van der Waals surface area contributed by atoms with E-state index in [1.807, 2.05) is 5.32 Å². The molecule has 17 heteroatoms. The normalized spacial score (nSPS) is 20.6. The van der Waals surface area contributed by atoms with Crippen molar-refractivity contribution in [1.82, 2.24) is 30.3 Å². The van der Waals surface area contributed by atoms with Crippen molar-refractivity contribution in [3.63, 3.8) is 0 Å². The Morgan fingerprint density at radius 2 is 1.93 bits per heavy atom. The zero-order valence-electron chi connectivity index (χ0n) is 23.6. The molecule has 3 heterocycles. The summed E-state index contributed by atoms with van der Waals surface area (Å²) < 4.78 is 110. The van der Waals surface area contributed by atoms with Crippen LogP contribution in [0.2, 0.25) is 0 Å². The highest BCUT2D eigenvalue weighted by Gasteiger charge is 2.49. The first-order chi connectivity index (χ1) is 20.7. The summed E-state index contributed by atoms with van der Waals surface area (Å²) in [6.07, 6.45) is -4.93.